The van der Waals surface area contributed by atoms with E-state index in [9.17, 15) is 9.90 Å². The van der Waals surface area contributed by atoms with Gasteiger partial charge < -0.3 is 10.4 Å². The molecule has 106 valence electrons. The molecule has 0 aromatic heterocycles. The predicted molar refractivity (Wildman–Crippen MR) is 78.8 cm³/mol. The molecule has 0 saturated heterocycles. The lowest BCUT2D eigenvalue weighted by molar-refractivity contribution is -0.151. The molecule has 0 unspecified atom stereocenters. The van der Waals surface area contributed by atoms with Gasteiger partial charge in [-0.05, 0) is 39.8 Å². The minimum absolute atomic E-state index is 0.419. The number of hydrogen-bond donors (Lipinski definition) is 2. The zero-order valence-electron chi connectivity index (χ0n) is 11.6. The molecule has 1 aromatic rings. The van der Waals surface area contributed by atoms with Crippen molar-refractivity contribution in [3.05, 3.63) is 33.8 Å². The Bertz CT molecular complexity index is 464. The van der Waals surface area contributed by atoms with Crippen molar-refractivity contribution in [2.45, 2.75) is 39.8 Å². The van der Waals surface area contributed by atoms with E-state index < -0.39 is 16.9 Å². The quantitative estimate of drug-likeness (QED) is 0.865. The fraction of sp³-hybridized carbons (Fsp3) is 0.500. The summed E-state index contributed by atoms with van der Waals surface area (Å²) in [4.78, 5) is 11.3. The molecule has 19 heavy (non-hydrogen) atoms. The van der Waals surface area contributed by atoms with Crippen molar-refractivity contribution in [2.24, 2.45) is 5.41 Å². The van der Waals surface area contributed by atoms with Crippen LogP contribution in [0, 0.1) is 5.41 Å². The van der Waals surface area contributed by atoms with Crippen molar-refractivity contribution in [2.75, 3.05) is 0 Å². The van der Waals surface area contributed by atoms with Crippen LogP contribution in [0.4, 0.5) is 0 Å². The predicted octanol–water partition coefficient (Wildman–Crippen LogP) is 3.97. The average Bonchev–Trinajstić information content (AvgIpc) is 2.27. The van der Waals surface area contributed by atoms with Gasteiger partial charge in [0, 0.05) is 27.7 Å². The Morgan fingerprint density at radius 2 is 1.68 bits per heavy atom. The summed E-state index contributed by atoms with van der Waals surface area (Å²) in [6, 6.07) is 5.31. The summed E-state index contributed by atoms with van der Waals surface area (Å²) in [5.74, 6) is -0.852. The first-order valence-electron chi connectivity index (χ1n) is 6.01. The molecule has 0 aliphatic carbocycles. The summed E-state index contributed by atoms with van der Waals surface area (Å²) in [5, 5.41) is 13.7. The molecule has 1 rings (SSSR count). The molecule has 1 aromatic carbocycles. The van der Waals surface area contributed by atoms with Crippen LogP contribution >= 0.6 is 23.2 Å². The molecule has 0 aliphatic rings. The molecule has 0 saturated carbocycles. The van der Waals surface area contributed by atoms with Gasteiger partial charge in [0.2, 0.25) is 0 Å². The summed E-state index contributed by atoms with van der Waals surface area (Å²) >= 11 is 12.2. The maximum Gasteiger partial charge on any atom is 0.310 e. The van der Waals surface area contributed by atoms with Crippen molar-refractivity contribution in [1.82, 2.24) is 5.32 Å². The zero-order chi connectivity index (χ0) is 14.8. The van der Waals surface area contributed by atoms with E-state index in [4.69, 9.17) is 23.2 Å². The van der Waals surface area contributed by atoms with Gasteiger partial charge in [-0.15, -0.1) is 0 Å². The molecular formula is C14H19Cl2NO2. The third kappa shape index (κ3) is 3.41. The Kier molecular flexibility index (Phi) is 4.88. The highest BCUT2D eigenvalue weighted by Crippen LogP contribution is 2.32. The first kappa shape index (κ1) is 16.3. The maximum absolute atomic E-state index is 11.3. The molecule has 0 heterocycles. The second kappa shape index (κ2) is 5.70. The number of carbonyl (C=O) groups is 1. The first-order valence-corrected chi connectivity index (χ1v) is 6.76. The Balaban J connectivity index is 2.90. The van der Waals surface area contributed by atoms with Crippen LogP contribution in [0.2, 0.25) is 10.0 Å². The highest BCUT2D eigenvalue weighted by atomic mass is 35.5. The van der Waals surface area contributed by atoms with E-state index in [0.717, 1.165) is 5.56 Å². The Hall–Kier alpha value is -0.770. The number of halogens is 2. The van der Waals surface area contributed by atoms with Crippen molar-refractivity contribution in [1.29, 1.82) is 0 Å². The normalized spacial score (nSPS) is 12.5. The van der Waals surface area contributed by atoms with Gasteiger partial charge in [0.25, 0.3) is 0 Å². The van der Waals surface area contributed by atoms with E-state index in [2.05, 4.69) is 5.32 Å². The Morgan fingerprint density at radius 3 is 2.11 bits per heavy atom. The second-order valence-electron chi connectivity index (χ2n) is 5.61. The van der Waals surface area contributed by atoms with Gasteiger partial charge in [0.1, 0.15) is 0 Å². The fourth-order valence-electron chi connectivity index (χ4n) is 1.50. The maximum atomic E-state index is 11.3. The lowest BCUT2D eigenvalue weighted by Crippen LogP contribution is -2.54. The van der Waals surface area contributed by atoms with Crippen LogP contribution < -0.4 is 5.32 Å². The van der Waals surface area contributed by atoms with Crippen LogP contribution in [0.15, 0.2) is 18.2 Å². The highest BCUT2D eigenvalue weighted by molar-refractivity contribution is 6.35. The average molecular weight is 304 g/mol. The van der Waals surface area contributed by atoms with Gasteiger partial charge in [0.05, 0.1) is 5.41 Å². The Labute approximate surface area is 123 Å². The summed E-state index contributed by atoms with van der Waals surface area (Å²) in [5.41, 5.74) is -0.748. The summed E-state index contributed by atoms with van der Waals surface area (Å²) in [6.07, 6.45) is 0. The molecule has 0 amide bonds. The lowest BCUT2D eigenvalue weighted by Gasteiger charge is -2.39. The molecule has 0 fully saturated rings. The molecule has 2 N–H and O–H groups in total. The molecule has 0 aliphatic heterocycles. The lowest BCUT2D eigenvalue weighted by atomic mass is 9.74. The van der Waals surface area contributed by atoms with Gasteiger partial charge >= 0.3 is 5.97 Å². The molecule has 0 spiro atoms. The number of benzene rings is 1. The largest absolute Gasteiger partial charge is 0.481 e. The number of aliphatic carboxylic acids is 1. The van der Waals surface area contributed by atoms with Crippen LogP contribution in [0.25, 0.3) is 0 Å². The summed E-state index contributed by atoms with van der Waals surface area (Å²) in [7, 11) is 0. The van der Waals surface area contributed by atoms with E-state index in [-0.39, 0.29) is 0 Å². The third-order valence-corrected chi connectivity index (χ3v) is 4.57. The molecular weight excluding hydrogens is 285 g/mol. The first-order chi connectivity index (χ1) is 8.59. The van der Waals surface area contributed by atoms with Crippen LogP contribution in [0.5, 0.6) is 0 Å². The minimum atomic E-state index is -0.916. The van der Waals surface area contributed by atoms with Gasteiger partial charge in [-0.1, -0.05) is 29.3 Å². The molecule has 0 atom stereocenters. The number of hydrogen-bond acceptors (Lipinski definition) is 2. The van der Waals surface area contributed by atoms with Crippen molar-refractivity contribution in [3.8, 4) is 0 Å². The standard InChI is InChI=1S/C14H19Cl2NO2/c1-13(2,12(18)19)14(3,4)17-8-9-10(15)6-5-7-11(9)16/h5-7,17H,8H2,1-4H3,(H,18,19). The van der Waals surface area contributed by atoms with E-state index in [0.29, 0.717) is 16.6 Å². The van der Waals surface area contributed by atoms with Crippen molar-refractivity contribution < 1.29 is 9.90 Å². The van der Waals surface area contributed by atoms with Crippen LogP contribution in [0.1, 0.15) is 33.3 Å². The van der Waals surface area contributed by atoms with Gasteiger partial charge in [-0.3, -0.25) is 4.79 Å². The zero-order valence-corrected chi connectivity index (χ0v) is 13.1. The second-order valence-corrected chi connectivity index (χ2v) is 6.42. The number of carboxylic acid groups (broad SMARTS) is 1. The van der Waals surface area contributed by atoms with Gasteiger partial charge in [-0.2, -0.15) is 0 Å². The van der Waals surface area contributed by atoms with Crippen LogP contribution in [0.3, 0.4) is 0 Å². The third-order valence-electron chi connectivity index (χ3n) is 3.87. The van der Waals surface area contributed by atoms with Crippen LogP contribution in [-0.4, -0.2) is 16.6 Å². The Morgan fingerprint density at radius 1 is 1.21 bits per heavy atom. The SMILES string of the molecule is CC(C)(NCc1c(Cl)cccc1Cl)C(C)(C)C(=O)O. The summed E-state index contributed by atoms with van der Waals surface area (Å²) < 4.78 is 0. The molecule has 0 bridgehead atoms. The van der Waals surface area contributed by atoms with E-state index in [1.807, 2.05) is 13.8 Å². The molecule has 0 radical (unpaired) electrons. The van der Waals surface area contributed by atoms with Gasteiger partial charge in [0.15, 0.2) is 0 Å². The molecule has 5 heteroatoms. The number of nitrogens with one attached hydrogen (secondary N) is 1. The number of rotatable bonds is 5. The monoisotopic (exact) mass is 303 g/mol. The van der Waals surface area contributed by atoms with E-state index >= 15 is 0 Å². The van der Waals surface area contributed by atoms with Crippen molar-refractivity contribution in [3.63, 3.8) is 0 Å². The van der Waals surface area contributed by atoms with E-state index in [1.165, 1.54) is 0 Å². The fourth-order valence-corrected chi connectivity index (χ4v) is 2.03. The highest BCUT2D eigenvalue weighted by Gasteiger charge is 2.43. The number of carboxylic acids is 1. The van der Waals surface area contributed by atoms with Crippen LogP contribution in [-0.2, 0) is 11.3 Å². The smallest absolute Gasteiger partial charge is 0.310 e. The minimum Gasteiger partial charge on any atom is -0.481 e. The summed E-state index contributed by atoms with van der Waals surface area (Å²) in [6.45, 7) is 7.51. The van der Waals surface area contributed by atoms with Crippen molar-refractivity contribution >= 4 is 29.2 Å². The van der Waals surface area contributed by atoms with E-state index in [1.54, 1.807) is 32.0 Å². The topological polar surface area (TPSA) is 49.3 Å². The van der Waals surface area contributed by atoms with Gasteiger partial charge in [-0.25, -0.2) is 0 Å². The molecule has 3 nitrogen and oxygen atoms in total.